The monoisotopic (exact) mass is 254 g/mol. The van der Waals surface area contributed by atoms with Gasteiger partial charge >= 0.3 is 0 Å². The molecule has 0 aromatic heterocycles. The van der Waals surface area contributed by atoms with Crippen LogP contribution in [0.3, 0.4) is 0 Å². The van der Waals surface area contributed by atoms with E-state index in [0.29, 0.717) is 18.6 Å². The lowest BCUT2D eigenvalue weighted by molar-refractivity contribution is 0.196. The van der Waals surface area contributed by atoms with Gasteiger partial charge in [0.05, 0.1) is 0 Å². The fourth-order valence-corrected chi connectivity index (χ4v) is 3.40. The van der Waals surface area contributed by atoms with Crippen molar-refractivity contribution in [1.29, 1.82) is 0 Å². The maximum atomic E-state index is 6.10. The predicted molar refractivity (Wildman–Crippen MR) is 81.1 cm³/mol. The fraction of sp³-hybridized carbons (Fsp3) is 0.412. The summed E-state index contributed by atoms with van der Waals surface area (Å²) in [5, 5.41) is 2.66. The summed E-state index contributed by atoms with van der Waals surface area (Å²) < 4.78 is 0. The second-order valence-corrected chi connectivity index (χ2v) is 5.55. The van der Waals surface area contributed by atoms with E-state index in [1.807, 2.05) is 0 Å². The smallest absolute Gasteiger partial charge is 0.0479 e. The molecule has 2 aromatic rings. The summed E-state index contributed by atoms with van der Waals surface area (Å²) in [6, 6.07) is 16.2. The molecule has 1 saturated heterocycles. The molecule has 19 heavy (non-hydrogen) atoms. The minimum absolute atomic E-state index is 0.351. The highest BCUT2D eigenvalue weighted by molar-refractivity contribution is 5.86. The van der Waals surface area contributed by atoms with Crippen LogP contribution in [0.25, 0.3) is 10.8 Å². The average Bonchev–Trinajstić information content (AvgIpc) is 2.86. The Morgan fingerprint density at radius 2 is 2.00 bits per heavy atom. The van der Waals surface area contributed by atoms with E-state index >= 15 is 0 Å². The van der Waals surface area contributed by atoms with Crippen molar-refractivity contribution in [2.75, 3.05) is 13.1 Å². The molecule has 2 heteroatoms. The number of fused-ring (bicyclic) bond motifs is 1. The van der Waals surface area contributed by atoms with Crippen molar-refractivity contribution in [2.24, 2.45) is 5.73 Å². The maximum absolute atomic E-state index is 6.10. The third-order valence-corrected chi connectivity index (χ3v) is 4.41. The summed E-state index contributed by atoms with van der Waals surface area (Å²) in [6.45, 7) is 4.19. The van der Waals surface area contributed by atoms with Crippen LogP contribution in [0, 0.1) is 0 Å². The molecule has 0 radical (unpaired) electrons. The lowest BCUT2D eigenvalue weighted by Gasteiger charge is -2.31. The lowest BCUT2D eigenvalue weighted by atomic mass is 9.97. The van der Waals surface area contributed by atoms with Gasteiger partial charge in [-0.15, -0.1) is 0 Å². The number of rotatable bonds is 3. The topological polar surface area (TPSA) is 29.3 Å². The Labute approximate surface area is 115 Å². The van der Waals surface area contributed by atoms with E-state index in [9.17, 15) is 0 Å². The summed E-state index contributed by atoms with van der Waals surface area (Å²) in [7, 11) is 0. The molecular formula is C17H22N2. The summed E-state index contributed by atoms with van der Waals surface area (Å²) in [5.41, 5.74) is 7.48. The number of hydrogen-bond acceptors (Lipinski definition) is 2. The molecule has 2 N–H and O–H groups in total. The van der Waals surface area contributed by atoms with Gasteiger partial charge in [-0.25, -0.2) is 0 Å². The van der Waals surface area contributed by atoms with Crippen LogP contribution in [0.4, 0.5) is 0 Å². The first-order valence-corrected chi connectivity index (χ1v) is 7.24. The summed E-state index contributed by atoms with van der Waals surface area (Å²) in [4.78, 5) is 2.57. The first-order valence-electron chi connectivity index (χ1n) is 7.24. The molecule has 1 fully saturated rings. The highest BCUT2D eigenvalue weighted by Crippen LogP contribution is 2.32. The minimum atomic E-state index is 0.351. The van der Waals surface area contributed by atoms with Crippen molar-refractivity contribution in [1.82, 2.24) is 4.90 Å². The van der Waals surface area contributed by atoms with Gasteiger partial charge in [-0.3, -0.25) is 4.90 Å². The molecule has 0 aliphatic carbocycles. The van der Waals surface area contributed by atoms with E-state index in [-0.39, 0.29) is 0 Å². The van der Waals surface area contributed by atoms with Crippen molar-refractivity contribution in [2.45, 2.75) is 31.8 Å². The zero-order valence-electron chi connectivity index (χ0n) is 11.5. The Hall–Kier alpha value is -1.38. The van der Waals surface area contributed by atoms with Crippen molar-refractivity contribution in [3.05, 3.63) is 48.0 Å². The van der Waals surface area contributed by atoms with Crippen LogP contribution in [0.1, 0.15) is 31.4 Å². The van der Waals surface area contributed by atoms with Gasteiger partial charge < -0.3 is 5.73 Å². The van der Waals surface area contributed by atoms with Gasteiger partial charge in [-0.1, -0.05) is 42.5 Å². The average molecular weight is 254 g/mol. The Morgan fingerprint density at radius 3 is 2.74 bits per heavy atom. The van der Waals surface area contributed by atoms with Gasteiger partial charge in [0.15, 0.2) is 0 Å². The van der Waals surface area contributed by atoms with Gasteiger partial charge in [0, 0.05) is 18.6 Å². The lowest BCUT2D eigenvalue weighted by Crippen LogP contribution is -2.36. The van der Waals surface area contributed by atoms with Crippen LogP contribution in [0.15, 0.2) is 42.5 Å². The number of nitrogens with zero attached hydrogens (tertiary/aromatic N) is 1. The van der Waals surface area contributed by atoms with Crippen molar-refractivity contribution in [3.8, 4) is 0 Å². The third kappa shape index (κ3) is 2.26. The van der Waals surface area contributed by atoms with E-state index < -0.39 is 0 Å². The predicted octanol–water partition coefficient (Wildman–Crippen LogP) is 3.32. The zero-order valence-corrected chi connectivity index (χ0v) is 11.5. The van der Waals surface area contributed by atoms with Crippen LogP contribution >= 0.6 is 0 Å². The van der Waals surface area contributed by atoms with Crippen molar-refractivity contribution in [3.63, 3.8) is 0 Å². The Bertz CT molecular complexity index is 559. The summed E-state index contributed by atoms with van der Waals surface area (Å²) in [5.74, 6) is 0. The second kappa shape index (κ2) is 5.32. The van der Waals surface area contributed by atoms with Crippen LogP contribution < -0.4 is 5.73 Å². The Morgan fingerprint density at radius 1 is 1.21 bits per heavy atom. The van der Waals surface area contributed by atoms with Crippen LogP contribution in [0.2, 0.25) is 0 Å². The van der Waals surface area contributed by atoms with Crippen LogP contribution in [-0.4, -0.2) is 24.0 Å². The molecule has 2 unspecified atom stereocenters. The second-order valence-electron chi connectivity index (χ2n) is 5.55. The fourth-order valence-electron chi connectivity index (χ4n) is 3.40. The molecule has 0 bridgehead atoms. The molecule has 2 aromatic carbocycles. The quantitative estimate of drug-likeness (QED) is 0.910. The summed E-state index contributed by atoms with van der Waals surface area (Å²) >= 11 is 0. The molecule has 0 amide bonds. The first kappa shape index (κ1) is 12.6. The molecule has 100 valence electrons. The summed E-state index contributed by atoms with van der Waals surface area (Å²) in [6.07, 6.45) is 2.59. The zero-order chi connectivity index (χ0) is 13.2. The molecule has 0 saturated carbocycles. The number of nitrogens with two attached hydrogens (primary N) is 1. The largest absolute Gasteiger partial charge is 0.329 e. The Kier molecular flexibility index (Phi) is 3.54. The third-order valence-electron chi connectivity index (χ3n) is 4.41. The maximum Gasteiger partial charge on any atom is 0.0479 e. The number of benzene rings is 2. The molecule has 1 heterocycles. The SMILES string of the molecule is CC1CCCN1C(CN)c1cccc2ccccc12. The van der Waals surface area contributed by atoms with Crippen molar-refractivity contribution < 1.29 is 0 Å². The molecule has 2 atom stereocenters. The number of hydrogen-bond donors (Lipinski definition) is 1. The molecule has 1 aliphatic rings. The van der Waals surface area contributed by atoms with E-state index in [0.717, 1.165) is 0 Å². The van der Waals surface area contributed by atoms with Crippen LogP contribution in [-0.2, 0) is 0 Å². The highest BCUT2D eigenvalue weighted by Gasteiger charge is 2.28. The van der Waals surface area contributed by atoms with E-state index in [4.69, 9.17) is 5.73 Å². The molecule has 2 nitrogen and oxygen atoms in total. The van der Waals surface area contributed by atoms with E-state index in [1.54, 1.807) is 0 Å². The standard InChI is InChI=1S/C17H22N2/c1-13-6-5-11-19(13)17(12-18)16-10-4-8-14-7-2-3-9-15(14)16/h2-4,7-10,13,17H,5-6,11-12,18H2,1H3. The normalized spacial score (nSPS) is 21.9. The minimum Gasteiger partial charge on any atom is -0.329 e. The van der Waals surface area contributed by atoms with Gasteiger partial charge in [0.25, 0.3) is 0 Å². The van der Waals surface area contributed by atoms with Gasteiger partial charge in [-0.2, -0.15) is 0 Å². The molecule has 3 rings (SSSR count). The van der Waals surface area contributed by atoms with Gasteiger partial charge in [0.2, 0.25) is 0 Å². The Balaban J connectivity index is 2.06. The van der Waals surface area contributed by atoms with Crippen LogP contribution in [0.5, 0.6) is 0 Å². The first-order chi connectivity index (χ1) is 9.31. The van der Waals surface area contributed by atoms with E-state index in [1.165, 1.54) is 35.7 Å². The molecular weight excluding hydrogens is 232 g/mol. The van der Waals surface area contributed by atoms with E-state index in [2.05, 4.69) is 54.3 Å². The number of likely N-dealkylation sites (tertiary alicyclic amines) is 1. The van der Waals surface area contributed by atoms with Gasteiger partial charge in [0.1, 0.15) is 0 Å². The highest BCUT2D eigenvalue weighted by atomic mass is 15.2. The molecule has 1 aliphatic heterocycles. The van der Waals surface area contributed by atoms with Gasteiger partial charge in [-0.05, 0) is 42.6 Å². The van der Waals surface area contributed by atoms with Crippen molar-refractivity contribution >= 4 is 10.8 Å². The molecule has 0 spiro atoms.